The number of carbonyl (C=O) groups is 1. The van der Waals surface area contributed by atoms with Gasteiger partial charge in [0.15, 0.2) is 5.01 Å². The van der Waals surface area contributed by atoms with E-state index in [9.17, 15) is 9.90 Å². The third kappa shape index (κ3) is 3.35. The lowest BCUT2D eigenvalue weighted by atomic mass is 10.0. The third-order valence-electron chi connectivity index (χ3n) is 3.53. The Hall–Kier alpha value is -2.16. The highest BCUT2D eigenvalue weighted by atomic mass is 32.1. The molecule has 4 nitrogen and oxygen atoms in total. The summed E-state index contributed by atoms with van der Waals surface area (Å²) in [5.74, 6) is 5.79. The molecule has 2 aromatic rings. The molecule has 0 spiro atoms. The highest BCUT2D eigenvalue weighted by molar-refractivity contribution is 7.15. The summed E-state index contributed by atoms with van der Waals surface area (Å²) in [7, 11) is 0. The van der Waals surface area contributed by atoms with E-state index in [2.05, 4.69) is 16.8 Å². The molecular formula is C17H15NO3S. The van der Waals surface area contributed by atoms with Crippen LogP contribution in [0.2, 0.25) is 0 Å². The third-order valence-corrected chi connectivity index (χ3v) is 4.48. The summed E-state index contributed by atoms with van der Waals surface area (Å²) in [6, 6.07) is 6.95. The zero-order chi connectivity index (χ0) is 15.4. The van der Waals surface area contributed by atoms with Crippen molar-refractivity contribution >= 4 is 17.3 Å². The first-order valence-corrected chi connectivity index (χ1v) is 7.93. The Morgan fingerprint density at radius 3 is 2.86 bits per heavy atom. The van der Waals surface area contributed by atoms with Gasteiger partial charge in [-0.2, -0.15) is 0 Å². The SMILES string of the molecule is O=C(O)c1ccccc1-c1cnc(C#CC2CCOCC2)s1. The predicted octanol–water partition coefficient (Wildman–Crippen LogP) is 3.29. The monoisotopic (exact) mass is 313 g/mol. The maximum Gasteiger partial charge on any atom is 0.336 e. The normalized spacial score (nSPS) is 15.1. The number of carboxylic acid groups (broad SMARTS) is 1. The number of hydrogen-bond donors (Lipinski definition) is 1. The summed E-state index contributed by atoms with van der Waals surface area (Å²) < 4.78 is 5.31. The summed E-state index contributed by atoms with van der Waals surface area (Å²) in [5, 5.41) is 9.98. The van der Waals surface area contributed by atoms with Gasteiger partial charge in [-0.3, -0.25) is 0 Å². The molecule has 112 valence electrons. The van der Waals surface area contributed by atoms with Crippen molar-refractivity contribution < 1.29 is 14.6 Å². The Morgan fingerprint density at radius 1 is 1.32 bits per heavy atom. The first-order chi connectivity index (χ1) is 10.7. The van der Waals surface area contributed by atoms with E-state index < -0.39 is 5.97 Å². The molecule has 1 aromatic heterocycles. The molecule has 0 bridgehead atoms. The van der Waals surface area contributed by atoms with Crippen LogP contribution in [0.4, 0.5) is 0 Å². The van der Waals surface area contributed by atoms with E-state index in [-0.39, 0.29) is 5.56 Å². The first kappa shape index (κ1) is 14.8. The zero-order valence-electron chi connectivity index (χ0n) is 11.9. The molecule has 0 atom stereocenters. The minimum Gasteiger partial charge on any atom is -0.478 e. The highest BCUT2D eigenvalue weighted by Gasteiger charge is 2.13. The van der Waals surface area contributed by atoms with Gasteiger partial charge in [0, 0.05) is 30.9 Å². The van der Waals surface area contributed by atoms with Crippen LogP contribution in [0.15, 0.2) is 30.5 Å². The molecule has 22 heavy (non-hydrogen) atoms. The molecule has 1 aliphatic rings. The number of nitrogens with zero attached hydrogens (tertiary/aromatic N) is 1. The van der Waals surface area contributed by atoms with Crippen LogP contribution in [-0.2, 0) is 4.74 Å². The van der Waals surface area contributed by atoms with Crippen molar-refractivity contribution in [3.8, 4) is 22.3 Å². The van der Waals surface area contributed by atoms with Crippen LogP contribution in [0.3, 0.4) is 0 Å². The van der Waals surface area contributed by atoms with E-state index in [1.54, 1.807) is 24.4 Å². The lowest BCUT2D eigenvalue weighted by molar-refractivity contribution is 0.0697. The Morgan fingerprint density at radius 2 is 2.09 bits per heavy atom. The van der Waals surface area contributed by atoms with Crippen molar-refractivity contribution in [3.63, 3.8) is 0 Å². The summed E-state index contributed by atoms with van der Waals surface area (Å²) in [4.78, 5) is 16.4. The number of rotatable bonds is 2. The molecule has 0 radical (unpaired) electrons. The van der Waals surface area contributed by atoms with E-state index in [0.29, 0.717) is 11.5 Å². The van der Waals surface area contributed by atoms with Gasteiger partial charge in [0.2, 0.25) is 0 Å². The molecule has 1 aliphatic heterocycles. The number of benzene rings is 1. The lowest BCUT2D eigenvalue weighted by Gasteiger charge is -2.16. The van der Waals surface area contributed by atoms with Crippen molar-refractivity contribution in [2.75, 3.05) is 13.2 Å². The largest absolute Gasteiger partial charge is 0.478 e. The van der Waals surface area contributed by atoms with Crippen LogP contribution < -0.4 is 0 Å². The van der Waals surface area contributed by atoms with Gasteiger partial charge in [-0.25, -0.2) is 9.78 Å². The molecule has 1 aromatic carbocycles. The average Bonchev–Trinajstić information content (AvgIpc) is 3.03. The number of ether oxygens (including phenoxy) is 1. The van der Waals surface area contributed by atoms with Crippen molar-refractivity contribution in [1.82, 2.24) is 4.98 Å². The second-order valence-electron chi connectivity index (χ2n) is 5.04. The lowest BCUT2D eigenvalue weighted by Crippen LogP contribution is -2.13. The van der Waals surface area contributed by atoms with E-state index in [0.717, 1.165) is 35.9 Å². The number of carboxylic acids is 1. The fourth-order valence-corrected chi connectivity index (χ4v) is 3.16. The van der Waals surface area contributed by atoms with E-state index in [1.165, 1.54) is 11.3 Å². The molecule has 2 heterocycles. The second kappa shape index (κ2) is 6.73. The summed E-state index contributed by atoms with van der Waals surface area (Å²) in [6.07, 6.45) is 3.63. The van der Waals surface area contributed by atoms with Gasteiger partial charge in [0.05, 0.1) is 10.4 Å². The van der Waals surface area contributed by atoms with Gasteiger partial charge in [-0.05, 0) is 24.8 Å². The van der Waals surface area contributed by atoms with Crippen LogP contribution in [0, 0.1) is 17.8 Å². The van der Waals surface area contributed by atoms with Gasteiger partial charge in [0.1, 0.15) is 0 Å². The topological polar surface area (TPSA) is 59.4 Å². The van der Waals surface area contributed by atoms with Gasteiger partial charge < -0.3 is 9.84 Å². The van der Waals surface area contributed by atoms with Crippen LogP contribution in [0.1, 0.15) is 28.2 Å². The Balaban J connectivity index is 1.82. The molecule has 1 fully saturated rings. The van der Waals surface area contributed by atoms with Gasteiger partial charge in [-0.15, -0.1) is 11.3 Å². The van der Waals surface area contributed by atoms with Crippen molar-refractivity contribution in [2.24, 2.45) is 5.92 Å². The van der Waals surface area contributed by atoms with E-state index in [1.807, 2.05) is 6.07 Å². The average molecular weight is 313 g/mol. The summed E-state index contributed by atoms with van der Waals surface area (Å²) >= 11 is 1.43. The summed E-state index contributed by atoms with van der Waals surface area (Å²) in [5.41, 5.74) is 0.974. The van der Waals surface area contributed by atoms with E-state index >= 15 is 0 Å². The Labute approximate surface area is 132 Å². The molecule has 0 amide bonds. The fourth-order valence-electron chi connectivity index (χ4n) is 2.35. The van der Waals surface area contributed by atoms with Crippen LogP contribution in [0.25, 0.3) is 10.4 Å². The minimum atomic E-state index is -0.932. The molecule has 5 heteroatoms. The van der Waals surface area contributed by atoms with E-state index in [4.69, 9.17) is 4.74 Å². The number of thiazole rings is 1. The maximum atomic E-state index is 11.3. The number of hydrogen-bond acceptors (Lipinski definition) is 4. The minimum absolute atomic E-state index is 0.287. The first-order valence-electron chi connectivity index (χ1n) is 7.12. The molecular weight excluding hydrogens is 298 g/mol. The molecule has 1 N–H and O–H groups in total. The highest BCUT2D eigenvalue weighted by Crippen LogP contribution is 2.29. The standard InChI is InChI=1S/C17H15NO3S/c19-17(20)14-4-2-1-3-13(14)15-11-18-16(22-15)6-5-12-7-9-21-10-8-12/h1-4,11-12H,7-10H2,(H,19,20). The van der Waals surface area contributed by atoms with Gasteiger partial charge >= 0.3 is 5.97 Å². The fraction of sp³-hybridized carbons (Fsp3) is 0.294. The smallest absolute Gasteiger partial charge is 0.336 e. The molecule has 0 saturated carbocycles. The summed E-state index contributed by atoms with van der Waals surface area (Å²) in [6.45, 7) is 1.54. The van der Waals surface area contributed by atoms with Gasteiger partial charge in [0.25, 0.3) is 0 Å². The van der Waals surface area contributed by atoms with Crippen LogP contribution >= 0.6 is 11.3 Å². The maximum absolute atomic E-state index is 11.3. The van der Waals surface area contributed by atoms with Crippen molar-refractivity contribution in [2.45, 2.75) is 12.8 Å². The Bertz CT molecular complexity index is 736. The molecule has 3 rings (SSSR count). The van der Waals surface area contributed by atoms with Crippen LogP contribution in [-0.4, -0.2) is 29.3 Å². The van der Waals surface area contributed by atoms with Crippen molar-refractivity contribution in [3.05, 3.63) is 41.0 Å². The molecule has 1 saturated heterocycles. The number of aromatic carboxylic acids is 1. The molecule has 0 unspecified atom stereocenters. The molecule has 0 aliphatic carbocycles. The van der Waals surface area contributed by atoms with Gasteiger partial charge in [-0.1, -0.05) is 24.1 Å². The van der Waals surface area contributed by atoms with Crippen molar-refractivity contribution in [1.29, 1.82) is 0 Å². The quantitative estimate of drug-likeness (QED) is 0.864. The zero-order valence-corrected chi connectivity index (χ0v) is 12.7. The second-order valence-corrected chi connectivity index (χ2v) is 6.07. The Kier molecular flexibility index (Phi) is 4.52. The predicted molar refractivity (Wildman–Crippen MR) is 84.9 cm³/mol. The number of aromatic nitrogens is 1. The van der Waals surface area contributed by atoms with Crippen LogP contribution in [0.5, 0.6) is 0 Å².